The van der Waals surface area contributed by atoms with E-state index in [1.54, 1.807) is 7.11 Å². The van der Waals surface area contributed by atoms with E-state index in [1.165, 1.54) is 5.69 Å². The maximum absolute atomic E-state index is 5.40. The van der Waals surface area contributed by atoms with Gasteiger partial charge in [-0.1, -0.05) is 30.4 Å². The summed E-state index contributed by atoms with van der Waals surface area (Å²) in [5.74, 6) is 1.79. The molecule has 0 saturated carbocycles. The van der Waals surface area contributed by atoms with Crippen molar-refractivity contribution < 1.29 is 4.74 Å². The van der Waals surface area contributed by atoms with Gasteiger partial charge in [0.25, 0.3) is 0 Å². The van der Waals surface area contributed by atoms with Gasteiger partial charge >= 0.3 is 0 Å². The average Bonchev–Trinajstić information content (AvgIpc) is 2.48. The number of nitrogens with one attached hydrogen (secondary N) is 2. The summed E-state index contributed by atoms with van der Waals surface area (Å²) in [6.07, 6.45) is 1.68. The highest BCUT2D eigenvalue weighted by atomic mass is 32.1. The Balaban J connectivity index is 1.95. The van der Waals surface area contributed by atoms with Crippen LogP contribution in [0.5, 0.6) is 5.75 Å². The van der Waals surface area contributed by atoms with Crippen molar-refractivity contribution in [1.82, 2.24) is 15.3 Å². The first-order valence-corrected chi connectivity index (χ1v) is 7.12. The molecule has 0 atom stereocenters. The number of hydrogen-bond donors (Lipinski definition) is 2. The van der Waals surface area contributed by atoms with Crippen LogP contribution >= 0.6 is 12.2 Å². The fourth-order valence-electron chi connectivity index (χ4n) is 2.53. The number of benzene rings is 1. The molecule has 1 aromatic carbocycles. The smallest absolute Gasteiger partial charge is 0.134 e. The van der Waals surface area contributed by atoms with Gasteiger partial charge in [-0.3, -0.25) is 0 Å². The Bertz CT molecular complexity index is 681. The van der Waals surface area contributed by atoms with Crippen LogP contribution < -0.4 is 10.1 Å². The van der Waals surface area contributed by atoms with E-state index in [0.717, 1.165) is 42.2 Å². The van der Waals surface area contributed by atoms with Crippen molar-refractivity contribution in [2.24, 2.45) is 0 Å². The van der Waals surface area contributed by atoms with E-state index in [9.17, 15) is 0 Å². The van der Waals surface area contributed by atoms with Gasteiger partial charge in [-0.25, -0.2) is 4.98 Å². The monoisotopic (exact) mass is 287 g/mol. The third kappa shape index (κ3) is 2.59. The summed E-state index contributed by atoms with van der Waals surface area (Å²) < 4.78 is 6.09. The highest BCUT2D eigenvalue weighted by Gasteiger charge is 2.13. The second kappa shape index (κ2) is 5.73. The molecule has 2 heterocycles. The molecule has 0 unspecified atom stereocenters. The van der Waals surface area contributed by atoms with E-state index in [2.05, 4.69) is 21.4 Å². The third-order valence-corrected chi connectivity index (χ3v) is 3.90. The highest BCUT2D eigenvalue weighted by molar-refractivity contribution is 7.71. The molecule has 0 aliphatic carbocycles. The van der Waals surface area contributed by atoms with Crippen LogP contribution in [-0.4, -0.2) is 23.6 Å². The number of H-pyrrole nitrogens is 1. The van der Waals surface area contributed by atoms with Crippen LogP contribution in [0.1, 0.15) is 22.6 Å². The van der Waals surface area contributed by atoms with Crippen LogP contribution in [0.2, 0.25) is 0 Å². The van der Waals surface area contributed by atoms with Crippen LogP contribution in [-0.2, 0) is 19.4 Å². The number of nitrogens with zero attached hydrogens (tertiary/aromatic N) is 1. The highest BCUT2D eigenvalue weighted by Crippen LogP contribution is 2.21. The van der Waals surface area contributed by atoms with Gasteiger partial charge in [0.15, 0.2) is 0 Å². The number of fused-ring (bicyclic) bond motifs is 1. The summed E-state index contributed by atoms with van der Waals surface area (Å²) in [7, 11) is 1.69. The molecule has 5 heteroatoms. The second-order valence-electron chi connectivity index (χ2n) is 4.86. The summed E-state index contributed by atoms with van der Waals surface area (Å²) in [4.78, 5) is 7.95. The van der Waals surface area contributed by atoms with Gasteiger partial charge in [0.05, 0.1) is 7.11 Å². The summed E-state index contributed by atoms with van der Waals surface area (Å²) in [6.45, 7) is 1.79. The van der Waals surface area contributed by atoms with Crippen LogP contribution in [0.3, 0.4) is 0 Å². The normalized spacial score (nSPS) is 13.8. The number of hydrogen-bond acceptors (Lipinski definition) is 4. The van der Waals surface area contributed by atoms with Crippen molar-refractivity contribution in [3.63, 3.8) is 0 Å². The minimum Gasteiger partial charge on any atom is -0.496 e. The Morgan fingerprint density at radius 2 is 2.20 bits per heavy atom. The van der Waals surface area contributed by atoms with Crippen molar-refractivity contribution >= 4 is 12.2 Å². The number of aromatic amines is 1. The molecular formula is C15H17N3OS. The molecule has 2 aromatic rings. The average molecular weight is 287 g/mol. The van der Waals surface area contributed by atoms with Crippen molar-refractivity contribution in [3.05, 3.63) is 51.6 Å². The molecule has 0 bridgehead atoms. The van der Waals surface area contributed by atoms with Gasteiger partial charge in [-0.2, -0.15) is 0 Å². The molecule has 2 N–H and O–H groups in total. The van der Waals surface area contributed by atoms with E-state index >= 15 is 0 Å². The van der Waals surface area contributed by atoms with E-state index in [-0.39, 0.29) is 0 Å². The van der Waals surface area contributed by atoms with E-state index in [0.29, 0.717) is 11.1 Å². The predicted molar refractivity (Wildman–Crippen MR) is 80.6 cm³/mol. The summed E-state index contributed by atoms with van der Waals surface area (Å²) >= 11 is 5.40. The predicted octanol–water partition coefficient (Wildman–Crippen LogP) is 2.38. The van der Waals surface area contributed by atoms with Gasteiger partial charge < -0.3 is 15.0 Å². The van der Waals surface area contributed by atoms with Crippen molar-refractivity contribution in [2.75, 3.05) is 13.7 Å². The molecule has 0 fully saturated rings. The topological polar surface area (TPSA) is 49.9 Å². The first kappa shape index (κ1) is 13.3. The third-order valence-electron chi connectivity index (χ3n) is 3.56. The summed E-state index contributed by atoms with van der Waals surface area (Å²) in [5.41, 5.74) is 3.46. The van der Waals surface area contributed by atoms with Crippen LogP contribution in [0.25, 0.3) is 0 Å². The quantitative estimate of drug-likeness (QED) is 0.851. The Kier molecular flexibility index (Phi) is 3.80. The Morgan fingerprint density at radius 1 is 1.35 bits per heavy atom. The maximum atomic E-state index is 5.40. The van der Waals surface area contributed by atoms with Gasteiger partial charge in [0.1, 0.15) is 16.2 Å². The SMILES string of the molecule is COc1ccccc1Cc1nc(=S)c2c([nH]1)CCNC2. The molecule has 20 heavy (non-hydrogen) atoms. The van der Waals surface area contributed by atoms with Crippen LogP contribution in [0, 0.1) is 4.64 Å². The molecule has 1 aliphatic heterocycles. The maximum Gasteiger partial charge on any atom is 0.134 e. The molecular weight excluding hydrogens is 270 g/mol. The minimum atomic E-state index is 0.703. The van der Waals surface area contributed by atoms with E-state index < -0.39 is 0 Å². The number of aromatic nitrogens is 2. The fraction of sp³-hybridized carbons (Fsp3) is 0.333. The van der Waals surface area contributed by atoms with Crippen molar-refractivity contribution in [1.29, 1.82) is 0 Å². The zero-order chi connectivity index (χ0) is 13.9. The van der Waals surface area contributed by atoms with Gasteiger partial charge in [0.2, 0.25) is 0 Å². The molecule has 0 radical (unpaired) electrons. The lowest BCUT2D eigenvalue weighted by Gasteiger charge is -2.18. The fourth-order valence-corrected chi connectivity index (χ4v) is 2.84. The minimum absolute atomic E-state index is 0.703. The number of methoxy groups -OCH3 is 1. The lowest BCUT2D eigenvalue weighted by molar-refractivity contribution is 0.410. The molecule has 1 aromatic heterocycles. The first-order valence-electron chi connectivity index (χ1n) is 6.71. The molecule has 0 amide bonds. The van der Waals surface area contributed by atoms with Crippen molar-refractivity contribution in [2.45, 2.75) is 19.4 Å². The molecule has 0 spiro atoms. The van der Waals surface area contributed by atoms with E-state index in [4.69, 9.17) is 17.0 Å². The molecule has 1 aliphatic rings. The lowest BCUT2D eigenvalue weighted by atomic mass is 10.1. The van der Waals surface area contributed by atoms with Gasteiger partial charge in [-0.15, -0.1) is 0 Å². The summed E-state index contributed by atoms with van der Waals surface area (Å²) in [6, 6.07) is 8.00. The van der Waals surface area contributed by atoms with Crippen LogP contribution in [0.15, 0.2) is 24.3 Å². The molecule has 3 rings (SSSR count). The first-order chi connectivity index (χ1) is 9.78. The molecule has 4 nitrogen and oxygen atoms in total. The van der Waals surface area contributed by atoms with Crippen molar-refractivity contribution in [3.8, 4) is 5.75 Å². The van der Waals surface area contributed by atoms with E-state index in [1.807, 2.05) is 18.2 Å². The Hall–Kier alpha value is -1.72. The largest absolute Gasteiger partial charge is 0.496 e. The Labute approximate surface area is 123 Å². The second-order valence-corrected chi connectivity index (χ2v) is 5.25. The lowest BCUT2D eigenvalue weighted by Crippen LogP contribution is -2.26. The zero-order valence-electron chi connectivity index (χ0n) is 11.4. The number of rotatable bonds is 3. The van der Waals surface area contributed by atoms with Gasteiger partial charge in [0, 0.05) is 42.8 Å². The zero-order valence-corrected chi connectivity index (χ0v) is 12.2. The molecule has 104 valence electrons. The number of ether oxygens (including phenoxy) is 1. The van der Waals surface area contributed by atoms with Gasteiger partial charge in [-0.05, 0) is 6.07 Å². The Morgan fingerprint density at radius 3 is 3.05 bits per heavy atom. The standard InChI is InChI=1S/C15H17N3OS/c1-19-13-5-3-2-4-10(13)8-14-17-12-6-7-16-9-11(12)15(20)18-14/h2-5,16H,6-9H2,1H3,(H,17,18,20). The molecule has 0 saturated heterocycles. The summed E-state index contributed by atoms with van der Waals surface area (Å²) in [5, 5.41) is 3.32. The number of para-hydroxylation sites is 1. The van der Waals surface area contributed by atoms with Crippen LogP contribution in [0.4, 0.5) is 0 Å².